The van der Waals surface area contributed by atoms with Gasteiger partial charge in [0.25, 0.3) is 0 Å². The van der Waals surface area contributed by atoms with Crippen molar-refractivity contribution in [1.29, 1.82) is 0 Å². The molecule has 140 valence electrons. The summed E-state index contributed by atoms with van der Waals surface area (Å²) < 4.78 is 32.5. The smallest absolute Gasteiger partial charge is 0.322 e. The maximum atomic E-state index is 13.6. The van der Waals surface area contributed by atoms with Gasteiger partial charge in [-0.1, -0.05) is 5.16 Å². The number of nitrogens with one attached hydrogen (secondary N) is 1. The highest BCUT2D eigenvalue weighted by Crippen LogP contribution is 2.33. The molecule has 0 aliphatic carbocycles. The van der Waals surface area contributed by atoms with E-state index in [1.165, 1.54) is 24.3 Å². The molecule has 9 heteroatoms. The van der Waals surface area contributed by atoms with Crippen molar-refractivity contribution in [3.05, 3.63) is 52.2 Å². The standard InChI is InChI=1S/C18H16F2N4O2S/c1-9-5-11(7-13(19)15(9)20)22-18(25)24-8-12-14(6-10(24)2)23-26-16(12)17-21-3-4-27-17/h3-5,7,10H,6,8H2,1-2H3,(H,22,25). The zero-order chi connectivity index (χ0) is 19.1. The second-order valence-electron chi connectivity index (χ2n) is 6.47. The number of halogens is 2. The minimum absolute atomic E-state index is 0.127. The van der Waals surface area contributed by atoms with E-state index in [0.717, 1.165) is 17.3 Å². The summed E-state index contributed by atoms with van der Waals surface area (Å²) in [5, 5.41) is 9.30. The van der Waals surface area contributed by atoms with E-state index in [2.05, 4.69) is 15.5 Å². The fraction of sp³-hybridized carbons (Fsp3) is 0.278. The van der Waals surface area contributed by atoms with E-state index in [4.69, 9.17) is 4.52 Å². The first kappa shape index (κ1) is 17.6. The first-order valence-corrected chi connectivity index (χ1v) is 9.22. The van der Waals surface area contributed by atoms with E-state index in [1.54, 1.807) is 11.1 Å². The summed E-state index contributed by atoms with van der Waals surface area (Å²) in [6.07, 6.45) is 2.21. The number of benzene rings is 1. The fourth-order valence-electron chi connectivity index (χ4n) is 3.15. The average molecular weight is 390 g/mol. The van der Waals surface area contributed by atoms with Crippen LogP contribution in [0.4, 0.5) is 19.3 Å². The van der Waals surface area contributed by atoms with Gasteiger partial charge in [-0.25, -0.2) is 18.6 Å². The van der Waals surface area contributed by atoms with Crippen molar-refractivity contribution in [1.82, 2.24) is 15.0 Å². The molecular weight excluding hydrogens is 374 g/mol. The van der Waals surface area contributed by atoms with E-state index in [1.807, 2.05) is 12.3 Å². The number of aryl methyl sites for hydroxylation is 1. The number of rotatable bonds is 2. The van der Waals surface area contributed by atoms with Gasteiger partial charge in [-0.2, -0.15) is 0 Å². The Bertz CT molecular complexity index is 980. The normalized spacial score (nSPS) is 16.3. The van der Waals surface area contributed by atoms with E-state index in [9.17, 15) is 13.6 Å². The number of hydrogen-bond donors (Lipinski definition) is 1. The van der Waals surface area contributed by atoms with Gasteiger partial charge in [-0.15, -0.1) is 11.3 Å². The van der Waals surface area contributed by atoms with Crippen molar-refractivity contribution in [2.24, 2.45) is 0 Å². The third-order valence-electron chi connectivity index (χ3n) is 4.57. The van der Waals surface area contributed by atoms with Gasteiger partial charge >= 0.3 is 6.03 Å². The van der Waals surface area contributed by atoms with Crippen LogP contribution in [0.3, 0.4) is 0 Å². The van der Waals surface area contributed by atoms with Crippen molar-refractivity contribution < 1.29 is 18.1 Å². The molecule has 1 aliphatic heterocycles. The largest absolute Gasteiger partial charge is 0.353 e. The van der Waals surface area contributed by atoms with Gasteiger partial charge in [-0.05, 0) is 25.5 Å². The summed E-state index contributed by atoms with van der Waals surface area (Å²) in [5.41, 5.74) is 1.96. The van der Waals surface area contributed by atoms with Gasteiger partial charge in [0, 0.05) is 41.4 Å². The Morgan fingerprint density at radius 3 is 2.93 bits per heavy atom. The molecule has 0 spiro atoms. The Morgan fingerprint density at radius 2 is 2.22 bits per heavy atom. The highest BCUT2D eigenvalue weighted by Gasteiger charge is 2.32. The lowest BCUT2D eigenvalue weighted by molar-refractivity contribution is 0.182. The van der Waals surface area contributed by atoms with Crippen molar-refractivity contribution in [2.75, 3.05) is 5.32 Å². The predicted molar refractivity (Wildman–Crippen MR) is 96.4 cm³/mol. The van der Waals surface area contributed by atoms with Crippen LogP contribution in [-0.2, 0) is 13.0 Å². The van der Waals surface area contributed by atoms with Crippen LogP contribution >= 0.6 is 11.3 Å². The number of fused-ring (bicyclic) bond motifs is 1. The summed E-state index contributed by atoms with van der Waals surface area (Å²) in [5.74, 6) is -1.35. The molecule has 0 saturated heterocycles. The second kappa shape index (κ2) is 6.73. The van der Waals surface area contributed by atoms with Crippen molar-refractivity contribution in [3.63, 3.8) is 0 Å². The first-order valence-electron chi connectivity index (χ1n) is 8.34. The zero-order valence-corrected chi connectivity index (χ0v) is 15.4. The lowest BCUT2D eigenvalue weighted by Gasteiger charge is -2.32. The molecule has 1 N–H and O–H groups in total. The molecule has 2 aromatic heterocycles. The molecule has 4 rings (SSSR count). The number of thiazole rings is 1. The molecule has 0 saturated carbocycles. The lowest BCUT2D eigenvalue weighted by atomic mass is 10.0. The van der Waals surface area contributed by atoms with Crippen LogP contribution in [-0.4, -0.2) is 27.1 Å². The van der Waals surface area contributed by atoms with Crippen LogP contribution in [0.2, 0.25) is 0 Å². The van der Waals surface area contributed by atoms with Gasteiger partial charge in [0.05, 0.1) is 12.2 Å². The quantitative estimate of drug-likeness (QED) is 0.706. The summed E-state index contributed by atoms with van der Waals surface area (Å²) in [7, 11) is 0. The maximum absolute atomic E-state index is 13.6. The Hall–Kier alpha value is -2.81. The summed E-state index contributed by atoms with van der Waals surface area (Å²) in [6.45, 7) is 3.64. The molecule has 2 amide bonds. The summed E-state index contributed by atoms with van der Waals surface area (Å²) >= 11 is 1.43. The molecule has 3 heterocycles. The Kier molecular flexibility index (Phi) is 4.39. The van der Waals surface area contributed by atoms with Crippen molar-refractivity contribution in [2.45, 2.75) is 32.9 Å². The third-order valence-corrected chi connectivity index (χ3v) is 5.34. The Labute approximate surface area is 157 Å². The monoisotopic (exact) mass is 390 g/mol. The molecule has 27 heavy (non-hydrogen) atoms. The van der Waals surface area contributed by atoms with Crippen LogP contribution in [0.15, 0.2) is 28.2 Å². The van der Waals surface area contributed by atoms with Gasteiger partial charge < -0.3 is 14.7 Å². The number of carbonyl (C=O) groups excluding carboxylic acids is 1. The van der Waals surface area contributed by atoms with Crippen molar-refractivity contribution >= 4 is 23.1 Å². The van der Waals surface area contributed by atoms with Crippen LogP contribution in [0, 0.1) is 18.6 Å². The van der Waals surface area contributed by atoms with E-state index < -0.39 is 17.7 Å². The third kappa shape index (κ3) is 3.18. The first-order chi connectivity index (χ1) is 12.9. The number of urea groups is 1. The molecule has 1 aliphatic rings. The number of anilines is 1. The molecule has 3 aromatic rings. The number of nitrogens with zero attached hydrogens (tertiary/aromatic N) is 3. The van der Waals surface area contributed by atoms with Crippen LogP contribution < -0.4 is 5.32 Å². The maximum Gasteiger partial charge on any atom is 0.322 e. The second-order valence-corrected chi connectivity index (χ2v) is 7.37. The average Bonchev–Trinajstić information content (AvgIpc) is 3.27. The molecule has 0 radical (unpaired) electrons. The number of aromatic nitrogens is 2. The van der Waals surface area contributed by atoms with Gasteiger partial charge in [0.2, 0.25) is 5.76 Å². The molecule has 0 fully saturated rings. The SMILES string of the molecule is Cc1cc(NC(=O)N2Cc3c(noc3-c3nccs3)CC2C)cc(F)c1F. The molecule has 1 unspecified atom stereocenters. The Balaban J connectivity index is 1.58. The minimum Gasteiger partial charge on any atom is -0.353 e. The molecule has 0 bridgehead atoms. The predicted octanol–water partition coefficient (Wildman–Crippen LogP) is 4.36. The van der Waals surface area contributed by atoms with E-state index >= 15 is 0 Å². The van der Waals surface area contributed by atoms with Gasteiger partial charge in [0.15, 0.2) is 16.6 Å². The van der Waals surface area contributed by atoms with Crippen molar-refractivity contribution in [3.8, 4) is 10.8 Å². The fourth-order valence-corrected chi connectivity index (χ4v) is 3.79. The minimum atomic E-state index is -0.996. The highest BCUT2D eigenvalue weighted by atomic mass is 32.1. The summed E-state index contributed by atoms with van der Waals surface area (Å²) in [6, 6.07) is 1.85. The Morgan fingerprint density at radius 1 is 1.41 bits per heavy atom. The van der Waals surface area contributed by atoms with E-state index in [-0.39, 0.29) is 17.3 Å². The molecular formula is C18H16F2N4O2S. The number of carbonyl (C=O) groups is 1. The molecule has 1 aromatic carbocycles. The highest BCUT2D eigenvalue weighted by molar-refractivity contribution is 7.13. The molecule has 6 nitrogen and oxygen atoms in total. The summed E-state index contributed by atoms with van der Waals surface area (Å²) in [4.78, 5) is 18.6. The zero-order valence-electron chi connectivity index (χ0n) is 14.6. The van der Waals surface area contributed by atoms with Gasteiger partial charge in [-0.3, -0.25) is 0 Å². The van der Waals surface area contributed by atoms with Gasteiger partial charge in [0.1, 0.15) is 0 Å². The van der Waals surface area contributed by atoms with Crippen LogP contribution in [0.25, 0.3) is 10.8 Å². The van der Waals surface area contributed by atoms with Crippen LogP contribution in [0.1, 0.15) is 23.7 Å². The number of amides is 2. The topological polar surface area (TPSA) is 71.3 Å². The van der Waals surface area contributed by atoms with Crippen LogP contribution in [0.5, 0.6) is 0 Å². The lowest BCUT2D eigenvalue weighted by Crippen LogP contribution is -2.44. The molecule has 1 atom stereocenters. The van der Waals surface area contributed by atoms with E-state index in [0.29, 0.717) is 23.7 Å². The number of hydrogen-bond acceptors (Lipinski definition) is 5.